The van der Waals surface area contributed by atoms with Crippen molar-refractivity contribution < 1.29 is 4.74 Å². The van der Waals surface area contributed by atoms with Gasteiger partial charge in [-0.1, -0.05) is 17.7 Å². The van der Waals surface area contributed by atoms with E-state index in [9.17, 15) is 0 Å². The summed E-state index contributed by atoms with van der Waals surface area (Å²) in [6.07, 6.45) is 3.82. The number of nitrogens with zero attached hydrogens (tertiary/aromatic N) is 2. The van der Waals surface area contributed by atoms with Gasteiger partial charge in [0.2, 0.25) is 0 Å². The largest absolute Gasteiger partial charge is 0.379 e. The van der Waals surface area contributed by atoms with E-state index in [-0.39, 0.29) is 0 Å². The standard InChI is InChI=1S/C20H32N4O/c1-3-21-20(22-11-13-25-15-17-6-7-17)23-18-10-12-24(14-18)19-8-4-16(2)5-9-19/h4-5,8-9,17-18H,3,6-7,10-15H2,1-2H3,(H2,21,22,23). The molecule has 0 aromatic heterocycles. The average molecular weight is 345 g/mol. The molecule has 1 unspecified atom stereocenters. The molecule has 0 spiro atoms. The van der Waals surface area contributed by atoms with Crippen LogP contribution in [0, 0.1) is 12.8 Å². The van der Waals surface area contributed by atoms with Gasteiger partial charge in [-0.3, -0.25) is 4.99 Å². The van der Waals surface area contributed by atoms with Gasteiger partial charge in [0.15, 0.2) is 5.96 Å². The Balaban J connectivity index is 1.44. The van der Waals surface area contributed by atoms with Gasteiger partial charge in [0.1, 0.15) is 0 Å². The fourth-order valence-electron chi connectivity index (χ4n) is 3.14. The van der Waals surface area contributed by atoms with Crippen LogP contribution < -0.4 is 15.5 Å². The van der Waals surface area contributed by atoms with Crippen molar-refractivity contribution in [2.75, 3.05) is 44.3 Å². The molecule has 5 heteroatoms. The monoisotopic (exact) mass is 344 g/mol. The van der Waals surface area contributed by atoms with E-state index in [1.54, 1.807) is 0 Å². The van der Waals surface area contributed by atoms with Gasteiger partial charge in [-0.2, -0.15) is 0 Å². The van der Waals surface area contributed by atoms with Crippen LogP contribution in [0.25, 0.3) is 0 Å². The lowest BCUT2D eigenvalue weighted by molar-refractivity contribution is 0.131. The zero-order valence-electron chi connectivity index (χ0n) is 15.6. The summed E-state index contributed by atoms with van der Waals surface area (Å²) in [6.45, 7) is 9.57. The smallest absolute Gasteiger partial charge is 0.191 e. The highest BCUT2D eigenvalue weighted by molar-refractivity contribution is 5.80. The van der Waals surface area contributed by atoms with E-state index in [2.05, 4.69) is 58.6 Å². The first-order valence-electron chi connectivity index (χ1n) is 9.69. The molecule has 1 saturated heterocycles. The summed E-state index contributed by atoms with van der Waals surface area (Å²) in [6, 6.07) is 9.24. The van der Waals surface area contributed by atoms with E-state index in [1.807, 2.05) is 0 Å². The Morgan fingerprint density at radius 2 is 2.04 bits per heavy atom. The number of guanidine groups is 1. The number of rotatable bonds is 8. The number of hydrogen-bond acceptors (Lipinski definition) is 3. The molecule has 0 bridgehead atoms. The average Bonchev–Trinajstić information content (AvgIpc) is 3.32. The Bertz CT molecular complexity index is 553. The molecule has 1 saturated carbocycles. The number of anilines is 1. The fourth-order valence-corrected chi connectivity index (χ4v) is 3.14. The lowest BCUT2D eigenvalue weighted by Crippen LogP contribution is -2.44. The third kappa shape index (κ3) is 5.92. The molecule has 1 aromatic carbocycles. The van der Waals surface area contributed by atoms with Crippen LogP contribution in [-0.4, -0.2) is 51.4 Å². The van der Waals surface area contributed by atoms with Crippen molar-refractivity contribution in [1.82, 2.24) is 10.6 Å². The predicted octanol–water partition coefficient (Wildman–Crippen LogP) is 2.56. The van der Waals surface area contributed by atoms with E-state index < -0.39 is 0 Å². The van der Waals surface area contributed by atoms with Gasteiger partial charge < -0.3 is 20.3 Å². The second-order valence-corrected chi connectivity index (χ2v) is 7.19. The highest BCUT2D eigenvalue weighted by atomic mass is 16.5. The van der Waals surface area contributed by atoms with Crippen molar-refractivity contribution in [3.8, 4) is 0 Å². The maximum atomic E-state index is 5.67. The maximum Gasteiger partial charge on any atom is 0.191 e. The number of hydrogen-bond donors (Lipinski definition) is 2. The first kappa shape index (κ1) is 18.1. The topological polar surface area (TPSA) is 48.9 Å². The van der Waals surface area contributed by atoms with Crippen LogP contribution in [0.1, 0.15) is 31.7 Å². The minimum Gasteiger partial charge on any atom is -0.379 e. The number of ether oxygens (including phenoxy) is 1. The Hall–Kier alpha value is -1.75. The quantitative estimate of drug-likeness (QED) is 0.432. The van der Waals surface area contributed by atoms with Gasteiger partial charge in [0.05, 0.1) is 13.2 Å². The molecule has 0 radical (unpaired) electrons. The molecule has 2 aliphatic rings. The fraction of sp³-hybridized carbons (Fsp3) is 0.650. The van der Waals surface area contributed by atoms with Gasteiger partial charge in [-0.05, 0) is 51.2 Å². The van der Waals surface area contributed by atoms with Crippen molar-refractivity contribution in [2.45, 2.75) is 39.2 Å². The molecule has 1 aliphatic heterocycles. The maximum absolute atomic E-state index is 5.67. The molecule has 1 atom stereocenters. The summed E-state index contributed by atoms with van der Waals surface area (Å²) in [7, 11) is 0. The van der Waals surface area contributed by atoms with Crippen LogP contribution in [0.3, 0.4) is 0 Å². The lowest BCUT2D eigenvalue weighted by Gasteiger charge is -2.20. The van der Waals surface area contributed by atoms with Crippen LogP contribution in [0.2, 0.25) is 0 Å². The molecule has 25 heavy (non-hydrogen) atoms. The molecule has 2 fully saturated rings. The molecular weight excluding hydrogens is 312 g/mol. The van der Waals surface area contributed by atoms with Gasteiger partial charge in [0, 0.05) is 38.0 Å². The molecular formula is C20H32N4O. The van der Waals surface area contributed by atoms with Crippen molar-refractivity contribution >= 4 is 11.6 Å². The highest BCUT2D eigenvalue weighted by Crippen LogP contribution is 2.28. The number of benzene rings is 1. The number of nitrogens with one attached hydrogen (secondary N) is 2. The number of aryl methyl sites for hydroxylation is 1. The van der Waals surface area contributed by atoms with Crippen LogP contribution in [0.5, 0.6) is 0 Å². The molecule has 138 valence electrons. The van der Waals surface area contributed by atoms with Crippen LogP contribution in [0.4, 0.5) is 5.69 Å². The Morgan fingerprint density at radius 1 is 1.24 bits per heavy atom. The van der Waals surface area contributed by atoms with Gasteiger partial charge in [-0.15, -0.1) is 0 Å². The van der Waals surface area contributed by atoms with Crippen LogP contribution >= 0.6 is 0 Å². The molecule has 1 aliphatic carbocycles. The minimum atomic E-state index is 0.437. The molecule has 2 N–H and O–H groups in total. The summed E-state index contributed by atoms with van der Waals surface area (Å²) in [5.41, 5.74) is 2.62. The van der Waals surface area contributed by atoms with Gasteiger partial charge in [-0.25, -0.2) is 0 Å². The SMILES string of the molecule is CCNC(=NCCOCC1CC1)NC1CCN(c2ccc(C)cc2)C1. The van der Waals surface area contributed by atoms with Crippen molar-refractivity contribution in [3.05, 3.63) is 29.8 Å². The summed E-state index contributed by atoms with van der Waals surface area (Å²) in [4.78, 5) is 7.10. The molecule has 0 amide bonds. The van der Waals surface area contributed by atoms with E-state index in [0.29, 0.717) is 12.6 Å². The Morgan fingerprint density at radius 3 is 2.76 bits per heavy atom. The summed E-state index contributed by atoms with van der Waals surface area (Å²) in [5.74, 6) is 1.73. The zero-order valence-corrected chi connectivity index (χ0v) is 15.6. The second-order valence-electron chi connectivity index (χ2n) is 7.19. The molecule has 1 aromatic rings. The van der Waals surface area contributed by atoms with E-state index in [4.69, 9.17) is 4.74 Å². The van der Waals surface area contributed by atoms with Crippen molar-refractivity contribution in [3.63, 3.8) is 0 Å². The number of aliphatic imine (C=N–C) groups is 1. The highest BCUT2D eigenvalue weighted by Gasteiger charge is 2.23. The molecule has 5 nitrogen and oxygen atoms in total. The zero-order chi connectivity index (χ0) is 17.5. The predicted molar refractivity (Wildman–Crippen MR) is 104 cm³/mol. The van der Waals surface area contributed by atoms with Gasteiger partial charge in [0.25, 0.3) is 0 Å². The first-order chi connectivity index (χ1) is 12.2. The first-order valence-corrected chi connectivity index (χ1v) is 9.69. The Kier molecular flexibility index (Phi) is 6.56. The van der Waals surface area contributed by atoms with Crippen molar-refractivity contribution in [1.29, 1.82) is 0 Å². The van der Waals surface area contributed by atoms with E-state index in [1.165, 1.54) is 24.1 Å². The summed E-state index contributed by atoms with van der Waals surface area (Å²) < 4.78 is 5.67. The lowest BCUT2D eigenvalue weighted by atomic mass is 10.2. The van der Waals surface area contributed by atoms with Crippen LogP contribution in [0.15, 0.2) is 29.3 Å². The van der Waals surface area contributed by atoms with Crippen molar-refractivity contribution in [2.24, 2.45) is 10.9 Å². The Labute approximate surface area is 151 Å². The summed E-state index contributed by atoms with van der Waals surface area (Å²) >= 11 is 0. The van der Waals surface area contributed by atoms with E-state index in [0.717, 1.165) is 51.1 Å². The normalized spacial score (nSPS) is 20.8. The minimum absolute atomic E-state index is 0.437. The van der Waals surface area contributed by atoms with E-state index >= 15 is 0 Å². The van der Waals surface area contributed by atoms with Gasteiger partial charge >= 0.3 is 0 Å². The molecule has 3 rings (SSSR count). The molecule has 1 heterocycles. The summed E-state index contributed by atoms with van der Waals surface area (Å²) in [5, 5.41) is 6.93. The third-order valence-electron chi connectivity index (χ3n) is 4.83. The van der Waals surface area contributed by atoms with Crippen LogP contribution in [-0.2, 0) is 4.74 Å². The second kappa shape index (κ2) is 9.09. The third-order valence-corrected chi connectivity index (χ3v) is 4.83.